The Kier molecular flexibility index (Phi) is 5.03. The molecule has 1 aliphatic heterocycles. The van der Waals surface area contributed by atoms with Crippen molar-refractivity contribution < 1.29 is 23.4 Å². The Morgan fingerprint density at radius 1 is 1.29 bits per heavy atom. The highest BCUT2D eigenvalue weighted by Gasteiger charge is 2.32. The molecule has 1 fully saturated rings. The molecule has 1 aromatic heterocycles. The molecule has 1 N–H and O–H groups in total. The lowest BCUT2D eigenvalue weighted by molar-refractivity contribution is -0.0199. The molecule has 2 heterocycles. The highest BCUT2D eigenvalue weighted by Crippen LogP contribution is 2.26. The first-order valence-corrected chi connectivity index (χ1v) is 8.47. The largest absolute Gasteiger partial charge is 0.487 e. The van der Waals surface area contributed by atoms with E-state index in [9.17, 15) is 18.7 Å². The van der Waals surface area contributed by atoms with Crippen molar-refractivity contribution in [3.8, 4) is 5.75 Å². The summed E-state index contributed by atoms with van der Waals surface area (Å²) in [5.74, 6) is -1.69. The van der Waals surface area contributed by atoms with Crippen LogP contribution < -0.4 is 4.74 Å². The minimum absolute atomic E-state index is 0.0152. The van der Waals surface area contributed by atoms with Gasteiger partial charge < -0.3 is 14.7 Å². The zero-order valence-corrected chi connectivity index (χ0v) is 14.0. The number of likely N-dealkylation sites (tertiary alicyclic amines) is 1. The van der Waals surface area contributed by atoms with Crippen LogP contribution in [0.2, 0.25) is 4.34 Å². The van der Waals surface area contributed by atoms with Crippen molar-refractivity contribution in [1.29, 1.82) is 0 Å². The third kappa shape index (κ3) is 3.85. The second-order valence-corrected chi connectivity index (χ2v) is 7.19. The molecule has 1 saturated heterocycles. The third-order valence-electron chi connectivity index (χ3n) is 3.71. The molecule has 0 saturated carbocycles. The number of carbonyl (C=O) groups is 1. The fraction of sp³-hybridized carbons (Fsp3) is 0.312. The zero-order valence-electron chi connectivity index (χ0n) is 12.4. The van der Waals surface area contributed by atoms with Gasteiger partial charge in [0.1, 0.15) is 29.6 Å². The number of amides is 1. The highest BCUT2D eigenvalue weighted by atomic mass is 35.5. The average Bonchev–Trinajstić information content (AvgIpc) is 2.94. The molecule has 8 heteroatoms. The van der Waals surface area contributed by atoms with E-state index < -0.39 is 23.8 Å². The predicted octanol–water partition coefficient (Wildman–Crippen LogP) is 3.33. The van der Waals surface area contributed by atoms with Gasteiger partial charge in [0.05, 0.1) is 15.8 Å². The molecule has 2 atom stereocenters. The maximum atomic E-state index is 13.2. The molecular weight excluding hydrogens is 360 g/mol. The van der Waals surface area contributed by atoms with Crippen LogP contribution >= 0.6 is 22.9 Å². The van der Waals surface area contributed by atoms with E-state index in [0.717, 1.165) is 18.2 Å². The SMILES string of the molecule is O=C(c1ccc(Cl)s1)N1CC[C@@H](Oc2cc(F)cc(F)c2)[C@H](O)C1. The first-order valence-electron chi connectivity index (χ1n) is 7.28. The number of piperidine rings is 1. The van der Waals surface area contributed by atoms with Crippen molar-refractivity contribution in [1.82, 2.24) is 4.90 Å². The molecule has 4 nitrogen and oxygen atoms in total. The van der Waals surface area contributed by atoms with E-state index in [0.29, 0.717) is 22.2 Å². The van der Waals surface area contributed by atoms with E-state index in [2.05, 4.69) is 0 Å². The number of hydrogen-bond acceptors (Lipinski definition) is 4. The van der Waals surface area contributed by atoms with Crippen LogP contribution in [0.4, 0.5) is 8.78 Å². The molecule has 2 aromatic rings. The third-order valence-corrected chi connectivity index (χ3v) is 4.93. The zero-order chi connectivity index (χ0) is 17.3. The molecule has 0 radical (unpaired) electrons. The molecule has 1 amide bonds. The van der Waals surface area contributed by atoms with Gasteiger partial charge in [-0.15, -0.1) is 11.3 Å². The van der Waals surface area contributed by atoms with Crippen molar-refractivity contribution in [3.05, 3.63) is 51.2 Å². The summed E-state index contributed by atoms with van der Waals surface area (Å²) in [7, 11) is 0. The van der Waals surface area contributed by atoms with Crippen LogP contribution in [0.15, 0.2) is 30.3 Å². The Morgan fingerprint density at radius 2 is 2.00 bits per heavy atom. The Bertz CT molecular complexity index is 734. The monoisotopic (exact) mass is 373 g/mol. The molecule has 0 aliphatic carbocycles. The van der Waals surface area contributed by atoms with Gasteiger partial charge in [-0.2, -0.15) is 0 Å². The first-order chi connectivity index (χ1) is 11.4. The lowest BCUT2D eigenvalue weighted by Crippen LogP contribution is -2.50. The molecule has 128 valence electrons. The van der Waals surface area contributed by atoms with Crippen molar-refractivity contribution in [2.45, 2.75) is 18.6 Å². The number of aliphatic hydroxyl groups excluding tert-OH is 1. The number of thiophene rings is 1. The van der Waals surface area contributed by atoms with Crippen molar-refractivity contribution in [2.75, 3.05) is 13.1 Å². The molecule has 0 spiro atoms. The lowest BCUT2D eigenvalue weighted by atomic mass is 10.0. The fourth-order valence-electron chi connectivity index (χ4n) is 2.59. The number of halogens is 3. The summed E-state index contributed by atoms with van der Waals surface area (Å²) in [6, 6.07) is 6.14. The summed E-state index contributed by atoms with van der Waals surface area (Å²) in [6.45, 7) is 0.449. The minimum Gasteiger partial charge on any atom is -0.487 e. The topological polar surface area (TPSA) is 49.8 Å². The van der Waals surface area contributed by atoms with E-state index in [-0.39, 0.29) is 18.2 Å². The van der Waals surface area contributed by atoms with Gasteiger partial charge in [0.25, 0.3) is 5.91 Å². The molecule has 24 heavy (non-hydrogen) atoms. The summed E-state index contributed by atoms with van der Waals surface area (Å²) in [6.07, 6.45) is -1.24. The Labute approximate surface area is 146 Å². The second-order valence-electron chi connectivity index (χ2n) is 5.47. The van der Waals surface area contributed by atoms with Gasteiger partial charge >= 0.3 is 0 Å². The van der Waals surface area contributed by atoms with E-state index >= 15 is 0 Å². The van der Waals surface area contributed by atoms with Gasteiger partial charge in [-0.3, -0.25) is 4.79 Å². The van der Waals surface area contributed by atoms with Crippen LogP contribution in [0.5, 0.6) is 5.75 Å². The maximum absolute atomic E-state index is 13.2. The summed E-state index contributed by atoms with van der Waals surface area (Å²) in [5.41, 5.74) is 0. The first kappa shape index (κ1) is 17.1. The number of ether oxygens (including phenoxy) is 1. The predicted molar refractivity (Wildman–Crippen MR) is 86.6 cm³/mol. The number of nitrogens with zero attached hydrogens (tertiary/aromatic N) is 1. The van der Waals surface area contributed by atoms with E-state index in [1.807, 2.05) is 0 Å². The lowest BCUT2D eigenvalue weighted by Gasteiger charge is -2.35. The van der Waals surface area contributed by atoms with Crippen LogP contribution in [0.1, 0.15) is 16.1 Å². The Balaban J connectivity index is 1.63. The van der Waals surface area contributed by atoms with Crippen LogP contribution in [0.25, 0.3) is 0 Å². The smallest absolute Gasteiger partial charge is 0.264 e. The van der Waals surface area contributed by atoms with Gasteiger partial charge in [0, 0.05) is 31.2 Å². The van der Waals surface area contributed by atoms with Crippen molar-refractivity contribution in [3.63, 3.8) is 0 Å². The number of aliphatic hydroxyl groups is 1. The second kappa shape index (κ2) is 7.04. The fourth-order valence-corrected chi connectivity index (χ4v) is 3.60. The van der Waals surface area contributed by atoms with Gasteiger partial charge in [0.2, 0.25) is 0 Å². The van der Waals surface area contributed by atoms with Gasteiger partial charge in [0.15, 0.2) is 0 Å². The van der Waals surface area contributed by atoms with Crippen LogP contribution in [0.3, 0.4) is 0 Å². The summed E-state index contributed by atoms with van der Waals surface area (Å²) >= 11 is 7.00. The average molecular weight is 374 g/mol. The van der Waals surface area contributed by atoms with E-state index in [1.54, 1.807) is 12.1 Å². The molecule has 3 rings (SSSR count). The quantitative estimate of drug-likeness (QED) is 0.897. The van der Waals surface area contributed by atoms with Crippen molar-refractivity contribution in [2.24, 2.45) is 0 Å². The molecule has 0 bridgehead atoms. The van der Waals surface area contributed by atoms with Crippen LogP contribution in [0, 0.1) is 11.6 Å². The molecule has 1 aromatic carbocycles. The Hall–Kier alpha value is -1.70. The number of rotatable bonds is 3. The minimum atomic E-state index is -0.954. The van der Waals surface area contributed by atoms with Crippen molar-refractivity contribution >= 4 is 28.8 Å². The van der Waals surface area contributed by atoms with Crippen LogP contribution in [-0.4, -0.2) is 41.2 Å². The maximum Gasteiger partial charge on any atom is 0.264 e. The number of benzene rings is 1. The highest BCUT2D eigenvalue weighted by molar-refractivity contribution is 7.17. The van der Waals surface area contributed by atoms with Gasteiger partial charge in [-0.05, 0) is 12.1 Å². The van der Waals surface area contributed by atoms with E-state index in [1.165, 1.54) is 16.2 Å². The standard InChI is InChI=1S/C16H14ClF2NO3S/c17-15-2-1-14(24-15)16(22)20-4-3-13(12(21)8-20)23-11-6-9(18)5-10(19)7-11/h1-2,5-7,12-13,21H,3-4,8H2/t12-,13-/m1/s1. The molecule has 1 aliphatic rings. The van der Waals surface area contributed by atoms with Gasteiger partial charge in [-0.25, -0.2) is 8.78 Å². The van der Waals surface area contributed by atoms with E-state index in [4.69, 9.17) is 16.3 Å². The number of hydrogen-bond donors (Lipinski definition) is 1. The molecular formula is C16H14ClF2NO3S. The summed E-state index contributed by atoms with van der Waals surface area (Å²) < 4.78 is 32.4. The molecule has 0 unspecified atom stereocenters. The summed E-state index contributed by atoms with van der Waals surface area (Å²) in [5, 5.41) is 10.2. The normalized spacial score (nSPS) is 20.9. The number of β-amino-alcohol motifs (C(OH)–C–C–N with tert-alkyl or cyclic N) is 1. The summed E-state index contributed by atoms with van der Waals surface area (Å²) in [4.78, 5) is 14.4. The van der Waals surface area contributed by atoms with Crippen LogP contribution in [-0.2, 0) is 0 Å². The number of carbonyl (C=O) groups excluding carboxylic acids is 1. The Morgan fingerprint density at radius 3 is 2.58 bits per heavy atom. The van der Waals surface area contributed by atoms with Gasteiger partial charge in [-0.1, -0.05) is 11.6 Å².